The van der Waals surface area contributed by atoms with E-state index in [2.05, 4.69) is 5.10 Å². The smallest absolute Gasteiger partial charge is 0.390 e. The Hall–Kier alpha value is -2.86. The largest absolute Gasteiger partial charge is 0.416 e. The van der Waals surface area contributed by atoms with Crippen LogP contribution in [-0.2, 0) is 17.5 Å². The molecule has 0 bridgehead atoms. The molecule has 0 unspecified atom stereocenters. The Bertz CT molecular complexity index is 1420. The molecule has 2 atom stereocenters. The number of carbonyl (C=O) groups excluding carboxylic acids is 2. The zero-order chi connectivity index (χ0) is 26.5. The minimum Gasteiger partial charge on any atom is -0.390 e. The predicted molar refractivity (Wildman–Crippen MR) is 135 cm³/mol. The van der Waals surface area contributed by atoms with Gasteiger partial charge in [-0.25, -0.2) is 0 Å². The van der Waals surface area contributed by atoms with Crippen LogP contribution in [0, 0.1) is 0 Å². The zero-order valence-corrected chi connectivity index (χ0v) is 21.1. The molecule has 0 saturated carbocycles. The Kier molecular flexibility index (Phi) is 6.82. The third kappa shape index (κ3) is 5.13. The van der Waals surface area contributed by atoms with E-state index >= 15 is 0 Å². The summed E-state index contributed by atoms with van der Waals surface area (Å²) in [5.41, 5.74) is 0.480. The molecule has 1 aromatic heterocycles. The molecule has 2 fully saturated rings. The number of β-amino-alcohol motifs (C(OH)–C–C–N with tert-alkyl or cyclic N) is 1. The highest BCUT2D eigenvalue weighted by atomic mass is 35.5. The standard InChI is InChI=1S/C25H22ClF3N4O3S/c1-31-7-6-20(21(34)13-31)33-23(35)22(37-24(33)36)9-14-2-5-19-16(8-14)11-30-32(19)12-15-3-4-17(26)10-18(15)25(27,28)29/h2-5,8-11,20-21,34H,6-7,12-13H2,1H3/t20-,21-/m1/s1. The van der Waals surface area contributed by atoms with Crippen molar-refractivity contribution in [1.82, 2.24) is 19.6 Å². The van der Waals surface area contributed by atoms with E-state index in [0.29, 0.717) is 36.0 Å². The van der Waals surface area contributed by atoms with Crippen molar-refractivity contribution in [2.24, 2.45) is 0 Å². The Labute approximate surface area is 219 Å². The van der Waals surface area contributed by atoms with Crippen LogP contribution in [0.25, 0.3) is 17.0 Å². The highest BCUT2D eigenvalue weighted by Gasteiger charge is 2.43. The van der Waals surface area contributed by atoms with Crippen LogP contribution in [0.5, 0.6) is 0 Å². The van der Waals surface area contributed by atoms with Gasteiger partial charge in [-0.2, -0.15) is 18.3 Å². The van der Waals surface area contributed by atoms with Crippen LogP contribution < -0.4 is 0 Å². The Morgan fingerprint density at radius 3 is 2.73 bits per heavy atom. The van der Waals surface area contributed by atoms with Crippen molar-refractivity contribution in [2.75, 3.05) is 20.1 Å². The SMILES string of the molecule is CN1CC[C@@H](N2C(=O)SC(=Cc3ccc4c(cnn4Cc4ccc(Cl)cc4C(F)(F)F)c3)C2=O)[C@H](O)C1. The number of halogens is 4. The topological polar surface area (TPSA) is 78.7 Å². The van der Waals surface area contributed by atoms with Gasteiger partial charge in [-0.3, -0.25) is 19.2 Å². The summed E-state index contributed by atoms with van der Waals surface area (Å²) in [5, 5.41) is 14.9. The van der Waals surface area contributed by atoms with Gasteiger partial charge >= 0.3 is 6.18 Å². The molecule has 2 saturated heterocycles. The van der Waals surface area contributed by atoms with Crippen molar-refractivity contribution in [3.05, 3.63) is 69.2 Å². The lowest BCUT2D eigenvalue weighted by Crippen LogP contribution is -2.54. The van der Waals surface area contributed by atoms with Crippen LogP contribution >= 0.6 is 23.4 Å². The molecular formula is C25H22ClF3N4O3S. The molecule has 5 rings (SSSR count). The van der Waals surface area contributed by atoms with Gasteiger partial charge < -0.3 is 10.0 Å². The van der Waals surface area contributed by atoms with E-state index in [0.717, 1.165) is 22.7 Å². The van der Waals surface area contributed by atoms with Gasteiger partial charge in [0.15, 0.2) is 0 Å². The van der Waals surface area contributed by atoms with Crippen molar-refractivity contribution >= 4 is 51.5 Å². The average molecular weight is 551 g/mol. The first-order chi connectivity index (χ1) is 17.5. The van der Waals surface area contributed by atoms with Crippen LogP contribution in [0.1, 0.15) is 23.1 Å². The number of aliphatic hydroxyl groups is 1. The molecule has 194 valence electrons. The summed E-state index contributed by atoms with van der Waals surface area (Å²) in [5.74, 6) is -0.443. The van der Waals surface area contributed by atoms with Gasteiger partial charge in [-0.05, 0) is 66.7 Å². The number of fused-ring (bicyclic) bond motifs is 1. The number of aliphatic hydroxyl groups excluding tert-OH is 1. The number of thioether (sulfide) groups is 1. The quantitative estimate of drug-likeness (QED) is 0.468. The summed E-state index contributed by atoms with van der Waals surface area (Å²) in [4.78, 5) is 29.0. The molecule has 37 heavy (non-hydrogen) atoms. The highest BCUT2D eigenvalue weighted by Crippen LogP contribution is 2.37. The number of imide groups is 1. The van der Waals surface area contributed by atoms with Gasteiger partial charge in [0.2, 0.25) is 0 Å². The fraction of sp³-hybridized carbons (Fsp3) is 0.320. The number of rotatable bonds is 4. The minimum absolute atomic E-state index is 0.000728. The number of alkyl halides is 3. The maximum absolute atomic E-state index is 13.5. The monoisotopic (exact) mass is 550 g/mol. The number of benzene rings is 2. The van der Waals surface area contributed by atoms with E-state index in [1.165, 1.54) is 23.0 Å². The summed E-state index contributed by atoms with van der Waals surface area (Å²) >= 11 is 6.61. The lowest BCUT2D eigenvalue weighted by molar-refractivity contribution is -0.138. The average Bonchev–Trinajstić information content (AvgIpc) is 3.34. The number of likely N-dealkylation sites (tertiary alicyclic amines) is 1. The first-order valence-corrected chi connectivity index (χ1v) is 12.7. The fourth-order valence-electron chi connectivity index (χ4n) is 4.73. The summed E-state index contributed by atoms with van der Waals surface area (Å²) in [7, 11) is 1.87. The number of hydrogen-bond donors (Lipinski definition) is 1. The molecule has 2 aliphatic rings. The number of carbonyl (C=O) groups is 2. The van der Waals surface area contributed by atoms with Gasteiger partial charge in [-0.1, -0.05) is 23.7 Å². The summed E-state index contributed by atoms with van der Waals surface area (Å²) in [6, 6.07) is 8.26. The Morgan fingerprint density at radius 2 is 2.00 bits per heavy atom. The molecule has 2 aromatic carbocycles. The predicted octanol–water partition coefficient (Wildman–Crippen LogP) is 4.86. The van der Waals surface area contributed by atoms with E-state index in [4.69, 9.17) is 11.6 Å². The van der Waals surface area contributed by atoms with Crippen molar-refractivity contribution in [3.8, 4) is 0 Å². The van der Waals surface area contributed by atoms with E-state index < -0.39 is 35.0 Å². The molecule has 1 N–H and O–H groups in total. The van der Waals surface area contributed by atoms with Crippen LogP contribution in [0.3, 0.4) is 0 Å². The number of aromatic nitrogens is 2. The molecule has 0 radical (unpaired) electrons. The third-order valence-corrected chi connectivity index (χ3v) is 7.68. The minimum atomic E-state index is -4.55. The number of hydrogen-bond acceptors (Lipinski definition) is 6. The normalized spacial score (nSPS) is 22.5. The van der Waals surface area contributed by atoms with E-state index in [-0.39, 0.29) is 22.0 Å². The number of amides is 2. The lowest BCUT2D eigenvalue weighted by Gasteiger charge is -2.37. The van der Waals surface area contributed by atoms with E-state index in [9.17, 15) is 27.9 Å². The van der Waals surface area contributed by atoms with Crippen molar-refractivity contribution in [1.29, 1.82) is 0 Å². The molecule has 3 aromatic rings. The van der Waals surface area contributed by atoms with Crippen molar-refractivity contribution in [3.63, 3.8) is 0 Å². The molecule has 7 nitrogen and oxygen atoms in total. The summed E-state index contributed by atoms with van der Waals surface area (Å²) < 4.78 is 41.9. The van der Waals surface area contributed by atoms with Gasteiger partial charge in [0.25, 0.3) is 11.1 Å². The van der Waals surface area contributed by atoms with Crippen LogP contribution in [-0.4, -0.2) is 68.1 Å². The summed E-state index contributed by atoms with van der Waals surface area (Å²) in [6.07, 6.45) is -1.73. The second kappa shape index (κ2) is 9.79. The number of piperidine rings is 1. The van der Waals surface area contributed by atoms with Crippen LogP contribution in [0.2, 0.25) is 5.02 Å². The molecule has 3 heterocycles. The van der Waals surface area contributed by atoms with Crippen molar-refractivity contribution in [2.45, 2.75) is 31.3 Å². The number of likely N-dealkylation sites (N-methyl/N-ethyl adjacent to an activating group) is 1. The maximum Gasteiger partial charge on any atom is 0.416 e. The molecule has 12 heteroatoms. The Balaban J connectivity index is 1.39. The first kappa shape index (κ1) is 25.8. The molecule has 0 aliphatic carbocycles. The van der Waals surface area contributed by atoms with Crippen LogP contribution in [0.15, 0.2) is 47.5 Å². The van der Waals surface area contributed by atoms with Gasteiger partial charge in [-0.15, -0.1) is 0 Å². The second-order valence-corrected chi connectivity index (χ2v) is 10.6. The highest BCUT2D eigenvalue weighted by molar-refractivity contribution is 8.18. The summed E-state index contributed by atoms with van der Waals surface area (Å²) in [6.45, 7) is 0.947. The second-order valence-electron chi connectivity index (χ2n) is 9.16. The zero-order valence-electron chi connectivity index (χ0n) is 19.6. The van der Waals surface area contributed by atoms with E-state index in [1.54, 1.807) is 24.3 Å². The first-order valence-electron chi connectivity index (χ1n) is 11.5. The Morgan fingerprint density at radius 1 is 1.22 bits per heavy atom. The van der Waals surface area contributed by atoms with Gasteiger partial charge in [0.1, 0.15) is 0 Å². The number of nitrogens with zero attached hydrogens (tertiary/aromatic N) is 4. The van der Waals surface area contributed by atoms with E-state index in [1.807, 2.05) is 11.9 Å². The third-order valence-electron chi connectivity index (χ3n) is 6.57. The molecule has 2 amide bonds. The molecular weight excluding hydrogens is 529 g/mol. The van der Waals surface area contributed by atoms with Gasteiger partial charge in [0.05, 0.1) is 40.9 Å². The molecule has 0 spiro atoms. The molecule has 2 aliphatic heterocycles. The van der Waals surface area contributed by atoms with Crippen molar-refractivity contribution < 1.29 is 27.9 Å². The van der Waals surface area contributed by atoms with Gasteiger partial charge in [0, 0.05) is 23.5 Å². The fourth-order valence-corrected chi connectivity index (χ4v) is 5.79. The lowest BCUT2D eigenvalue weighted by atomic mass is 10.0. The maximum atomic E-state index is 13.5. The van der Waals surface area contributed by atoms with Crippen LogP contribution in [0.4, 0.5) is 18.0 Å².